The van der Waals surface area contributed by atoms with Crippen LogP contribution < -0.4 is 0 Å². The third-order valence-electron chi connectivity index (χ3n) is 1.09. The summed E-state index contributed by atoms with van der Waals surface area (Å²) in [6.07, 6.45) is 5.09. The second-order valence-electron chi connectivity index (χ2n) is 1.77. The number of rotatable bonds is 0. The molecule has 50 valence electrons. The average molecular weight is 246 g/mol. The Kier molecular flexibility index (Phi) is 2.28. The van der Waals surface area contributed by atoms with Gasteiger partial charge in [-0.25, -0.2) is 4.39 Å². The Morgan fingerprint density at radius 2 is 2.20 bits per heavy atom. The third-order valence-corrected chi connectivity index (χ3v) is 1.91. The third kappa shape index (κ3) is 1.48. The van der Waals surface area contributed by atoms with Crippen LogP contribution in [0.3, 0.4) is 0 Å². The van der Waals surface area contributed by atoms with Crippen LogP contribution in [-0.2, 0) is 0 Å². The van der Waals surface area contributed by atoms with Crippen LogP contribution in [0.2, 0.25) is 0 Å². The van der Waals surface area contributed by atoms with Crippen LogP contribution in [0.4, 0.5) is 4.39 Å². The maximum Gasteiger partial charge on any atom is 0.136 e. The first-order valence-electron chi connectivity index (χ1n) is 2.65. The van der Waals surface area contributed by atoms with Crippen molar-refractivity contribution in [2.45, 2.75) is 0 Å². The molecule has 0 saturated carbocycles. The van der Waals surface area contributed by atoms with Crippen molar-refractivity contribution in [2.75, 3.05) is 0 Å². The molecule has 0 nitrogen and oxygen atoms in total. The Hall–Kier alpha value is -0.560. The van der Waals surface area contributed by atoms with Crippen LogP contribution in [0.5, 0.6) is 0 Å². The fourth-order valence-electron chi connectivity index (χ4n) is 0.586. The van der Waals surface area contributed by atoms with E-state index in [4.69, 9.17) is 6.42 Å². The number of hydrogen-bond donors (Lipinski definition) is 0. The molecule has 1 aromatic carbocycles. The molecule has 0 bridgehead atoms. The van der Waals surface area contributed by atoms with E-state index in [2.05, 4.69) is 5.92 Å². The molecule has 1 aromatic rings. The Morgan fingerprint density at radius 3 is 2.70 bits per heavy atom. The molecule has 0 amide bonds. The molecule has 2 heteroatoms. The quantitative estimate of drug-likeness (QED) is 0.487. The molecule has 0 aliphatic rings. The zero-order chi connectivity index (χ0) is 7.56. The Bertz CT molecular complexity index is 286. The minimum atomic E-state index is -0.223. The summed E-state index contributed by atoms with van der Waals surface area (Å²) in [5, 5.41) is 0. The SMILES string of the molecule is C#Cc1ccc(F)c(I)c1. The molecule has 1 rings (SSSR count). The van der Waals surface area contributed by atoms with Crippen molar-refractivity contribution in [1.29, 1.82) is 0 Å². The summed E-state index contributed by atoms with van der Waals surface area (Å²) < 4.78 is 13.1. The Balaban J connectivity index is 3.20. The van der Waals surface area contributed by atoms with Gasteiger partial charge in [0.1, 0.15) is 5.82 Å². The monoisotopic (exact) mass is 246 g/mol. The molecule has 0 spiro atoms. The van der Waals surface area contributed by atoms with E-state index in [0.29, 0.717) is 9.13 Å². The van der Waals surface area contributed by atoms with E-state index in [1.807, 2.05) is 22.6 Å². The molecule has 0 N–H and O–H groups in total. The summed E-state index contributed by atoms with van der Waals surface area (Å²) in [6, 6.07) is 4.59. The summed E-state index contributed by atoms with van der Waals surface area (Å²) in [6.45, 7) is 0. The lowest BCUT2D eigenvalue weighted by atomic mass is 10.2. The predicted octanol–water partition coefficient (Wildman–Crippen LogP) is 2.41. The minimum Gasteiger partial charge on any atom is -0.206 e. The van der Waals surface area contributed by atoms with Crippen LogP contribution in [0.15, 0.2) is 18.2 Å². The molecule has 0 fully saturated rings. The lowest BCUT2D eigenvalue weighted by Crippen LogP contribution is -1.81. The normalized spacial score (nSPS) is 8.90. The molecule has 0 radical (unpaired) electrons. The second-order valence-corrected chi connectivity index (χ2v) is 2.94. The number of benzene rings is 1. The molecule has 0 aliphatic carbocycles. The van der Waals surface area contributed by atoms with Gasteiger partial charge in [-0.05, 0) is 40.8 Å². The van der Waals surface area contributed by atoms with Gasteiger partial charge in [0.2, 0.25) is 0 Å². The fraction of sp³-hybridized carbons (Fsp3) is 0. The van der Waals surface area contributed by atoms with Crippen LogP contribution >= 0.6 is 22.6 Å². The van der Waals surface area contributed by atoms with Crippen LogP contribution in [0, 0.1) is 21.7 Å². The zero-order valence-corrected chi connectivity index (χ0v) is 7.22. The van der Waals surface area contributed by atoms with Gasteiger partial charge < -0.3 is 0 Å². The van der Waals surface area contributed by atoms with Gasteiger partial charge >= 0.3 is 0 Å². The van der Waals surface area contributed by atoms with E-state index in [1.54, 1.807) is 12.1 Å². The molecule has 10 heavy (non-hydrogen) atoms. The van der Waals surface area contributed by atoms with E-state index >= 15 is 0 Å². The van der Waals surface area contributed by atoms with Crippen LogP contribution in [0.1, 0.15) is 5.56 Å². The summed E-state index contributed by atoms with van der Waals surface area (Å²) in [5.74, 6) is 2.20. The van der Waals surface area contributed by atoms with Gasteiger partial charge in [0.15, 0.2) is 0 Å². The molecular formula is C8H4FI. The number of halogens is 2. The fourth-order valence-corrected chi connectivity index (χ4v) is 1.10. The van der Waals surface area contributed by atoms with E-state index in [0.717, 1.165) is 0 Å². The highest BCUT2D eigenvalue weighted by Crippen LogP contribution is 2.11. The molecule has 0 aromatic heterocycles. The summed E-state index contributed by atoms with van der Waals surface area (Å²) in [7, 11) is 0. The largest absolute Gasteiger partial charge is 0.206 e. The van der Waals surface area contributed by atoms with Crippen molar-refractivity contribution in [2.24, 2.45) is 0 Å². The van der Waals surface area contributed by atoms with Gasteiger partial charge in [-0.1, -0.05) is 5.92 Å². The molecule has 0 heterocycles. The van der Waals surface area contributed by atoms with E-state index in [-0.39, 0.29) is 5.82 Å². The zero-order valence-electron chi connectivity index (χ0n) is 5.07. The predicted molar refractivity (Wildman–Crippen MR) is 47.1 cm³/mol. The van der Waals surface area contributed by atoms with Gasteiger partial charge in [-0.15, -0.1) is 6.42 Å². The topological polar surface area (TPSA) is 0 Å². The van der Waals surface area contributed by atoms with Crippen molar-refractivity contribution < 1.29 is 4.39 Å². The summed E-state index contributed by atoms with van der Waals surface area (Å²) >= 11 is 1.90. The van der Waals surface area contributed by atoms with Gasteiger partial charge in [0.25, 0.3) is 0 Å². The maximum absolute atomic E-state index is 12.6. The lowest BCUT2D eigenvalue weighted by Gasteiger charge is -1.93. The summed E-state index contributed by atoms with van der Waals surface area (Å²) in [4.78, 5) is 0. The second kappa shape index (κ2) is 3.02. The Labute approximate surface area is 72.6 Å². The average Bonchev–Trinajstić information content (AvgIpc) is 1.95. The standard InChI is InChI=1S/C8H4FI/c1-2-6-3-4-7(9)8(10)5-6/h1,3-5H. The highest BCUT2D eigenvalue weighted by molar-refractivity contribution is 14.1. The highest BCUT2D eigenvalue weighted by Gasteiger charge is 1.96. The van der Waals surface area contributed by atoms with Gasteiger partial charge in [-0.3, -0.25) is 0 Å². The van der Waals surface area contributed by atoms with E-state index in [1.165, 1.54) is 6.07 Å². The van der Waals surface area contributed by atoms with Crippen molar-refractivity contribution in [3.8, 4) is 12.3 Å². The van der Waals surface area contributed by atoms with E-state index in [9.17, 15) is 4.39 Å². The van der Waals surface area contributed by atoms with Crippen LogP contribution in [-0.4, -0.2) is 0 Å². The highest BCUT2D eigenvalue weighted by atomic mass is 127. The van der Waals surface area contributed by atoms with Crippen molar-refractivity contribution in [1.82, 2.24) is 0 Å². The molecule has 0 saturated heterocycles. The van der Waals surface area contributed by atoms with E-state index < -0.39 is 0 Å². The van der Waals surface area contributed by atoms with Crippen molar-refractivity contribution >= 4 is 22.6 Å². The number of terminal acetylenes is 1. The summed E-state index contributed by atoms with van der Waals surface area (Å²) in [5.41, 5.74) is 0.714. The van der Waals surface area contributed by atoms with Gasteiger partial charge in [-0.2, -0.15) is 0 Å². The van der Waals surface area contributed by atoms with Crippen LogP contribution in [0.25, 0.3) is 0 Å². The first kappa shape index (κ1) is 7.55. The maximum atomic E-state index is 12.6. The molecule has 0 unspecified atom stereocenters. The minimum absolute atomic E-state index is 0.223. The van der Waals surface area contributed by atoms with Gasteiger partial charge in [0, 0.05) is 9.13 Å². The first-order valence-corrected chi connectivity index (χ1v) is 3.73. The van der Waals surface area contributed by atoms with Gasteiger partial charge in [0.05, 0.1) is 0 Å². The number of hydrogen-bond acceptors (Lipinski definition) is 0. The lowest BCUT2D eigenvalue weighted by molar-refractivity contribution is 0.620. The molecular weight excluding hydrogens is 242 g/mol. The first-order chi connectivity index (χ1) is 4.74. The van der Waals surface area contributed by atoms with Crippen molar-refractivity contribution in [3.63, 3.8) is 0 Å². The molecule has 0 aliphatic heterocycles. The smallest absolute Gasteiger partial charge is 0.136 e. The Morgan fingerprint density at radius 1 is 1.50 bits per heavy atom. The van der Waals surface area contributed by atoms with Crippen molar-refractivity contribution in [3.05, 3.63) is 33.1 Å². The molecule has 0 atom stereocenters.